The Hall–Kier alpha value is -1.51. The number of aryl methyl sites for hydroxylation is 2. The largest absolute Gasteiger partial charge is 0.465 e. The molecule has 1 aromatic carbocycles. The quantitative estimate of drug-likeness (QED) is 0.194. The van der Waals surface area contributed by atoms with Crippen molar-refractivity contribution in [1.82, 2.24) is 14.9 Å². The average Bonchev–Trinajstić information content (AvgIpc) is 3.13. The van der Waals surface area contributed by atoms with Crippen LogP contribution in [0.5, 0.6) is 0 Å². The Labute approximate surface area is 270 Å². The molecule has 0 bridgehead atoms. The van der Waals surface area contributed by atoms with Crippen LogP contribution in [0.4, 0.5) is 5.69 Å². The summed E-state index contributed by atoms with van der Waals surface area (Å²) in [7, 11) is 49.7. The molecule has 1 amide bonds. The van der Waals surface area contributed by atoms with Crippen molar-refractivity contribution in [3.8, 4) is 0 Å². The van der Waals surface area contributed by atoms with E-state index in [9.17, 15) is 9.59 Å². The van der Waals surface area contributed by atoms with Crippen molar-refractivity contribution in [3.05, 3.63) is 24.0 Å². The molecule has 18 heteroatoms. The normalized spacial score (nSPS) is 13.3. The van der Waals surface area contributed by atoms with Crippen molar-refractivity contribution in [2.75, 3.05) is 18.1 Å². The summed E-state index contributed by atoms with van der Waals surface area (Å²) < 4.78 is 1.99. The molecule has 1 aromatic heterocycles. The van der Waals surface area contributed by atoms with Gasteiger partial charge in [0.25, 0.3) is 0 Å². The molecule has 0 spiro atoms. The van der Waals surface area contributed by atoms with Gasteiger partial charge in [0.15, 0.2) is 0 Å². The third-order valence-electron chi connectivity index (χ3n) is 5.91. The molecule has 0 fully saturated rings. The zero-order valence-corrected chi connectivity index (χ0v) is 26.2. The summed E-state index contributed by atoms with van der Waals surface area (Å²) in [4.78, 5) is 29.2. The van der Waals surface area contributed by atoms with Gasteiger partial charge >= 0.3 is 5.97 Å². The number of amides is 1. The second-order valence-electron chi connectivity index (χ2n) is 10.7. The maximum absolute atomic E-state index is 12.2. The van der Waals surface area contributed by atoms with Crippen molar-refractivity contribution in [3.63, 3.8) is 0 Å². The lowest BCUT2D eigenvalue weighted by Crippen LogP contribution is -2.76. The van der Waals surface area contributed by atoms with Gasteiger partial charge in [-0.05, 0) is 57.5 Å². The zero-order valence-electron chi connectivity index (χ0n) is 24.7. The van der Waals surface area contributed by atoms with E-state index in [-0.39, 0.29) is 25.3 Å². The molecule has 0 aliphatic rings. The van der Waals surface area contributed by atoms with E-state index in [0.29, 0.717) is 23.3 Å². The van der Waals surface area contributed by atoms with Crippen LogP contribution in [-0.2, 0) is 27.8 Å². The number of esters is 1. The number of imidazole rings is 1. The highest BCUT2D eigenvalue weighted by molar-refractivity contribution is 6.73. The van der Waals surface area contributed by atoms with Crippen molar-refractivity contribution in [2.45, 2.75) is 66.6 Å². The lowest BCUT2D eigenvalue weighted by Gasteiger charge is -2.61. The predicted molar refractivity (Wildman–Crippen MR) is 178 cm³/mol. The molecule has 3 N–H and O–H groups in total. The highest BCUT2D eigenvalue weighted by atomic mass is 35.5. The second kappa shape index (κ2) is 15.0. The van der Waals surface area contributed by atoms with Gasteiger partial charge in [0, 0.05) is 19.2 Å². The number of alkyl halides is 2. The molecule has 0 aliphatic heterocycles. The monoisotopic (exact) mass is 595 g/mol. The summed E-state index contributed by atoms with van der Waals surface area (Å²) >= 11 is 12.1. The molecular weight excluding hydrogens is 564 g/mol. The number of fused-ring (bicyclic) bond motifs is 1. The maximum atomic E-state index is 12.2. The van der Waals surface area contributed by atoms with Crippen LogP contribution in [0.15, 0.2) is 18.2 Å². The number of nitrogens with one attached hydrogen (secondary N) is 1. The Balaban J connectivity index is 0.00000206. The Morgan fingerprint density at radius 1 is 1.05 bits per heavy atom. The van der Waals surface area contributed by atoms with Crippen LogP contribution in [0, 0.1) is 5.92 Å². The van der Waals surface area contributed by atoms with Crippen LogP contribution in [0.25, 0.3) is 11.0 Å². The first-order chi connectivity index (χ1) is 19.0. The smallest absolute Gasteiger partial charge is 0.325 e. The third-order valence-corrected chi connectivity index (χ3v) is 6.52. The number of rotatable bonds is 12. The SMILES string of the molecule is CC(C)C.[B]C([B])(Cl)C([B])([B])N(c1ccc2c(c1)nc(CCC(N)C(=O)NCC(=O)OCC)n2C)C([B])([B])C([B])([B])Cl. The van der Waals surface area contributed by atoms with E-state index >= 15 is 0 Å². The van der Waals surface area contributed by atoms with Crippen molar-refractivity contribution < 1.29 is 14.3 Å². The van der Waals surface area contributed by atoms with Gasteiger partial charge in [-0.2, -0.15) is 0 Å². The van der Waals surface area contributed by atoms with E-state index < -0.39 is 37.9 Å². The molecule has 42 heavy (non-hydrogen) atoms. The number of halogens is 2. The number of aromatic nitrogens is 2. The van der Waals surface area contributed by atoms with Crippen LogP contribution < -0.4 is 16.0 Å². The van der Waals surface area contributed by atoms with E-state index in [2.05, 4.69) is 31.1 Å². The van der Waals surface area contributed by atoms with Crippen LogP contribution in [-0.4, -0.2) is 123 Å². The zero-order chi connectivity index (χ0) is 32.8. The standard InChI is InChI=1S/C20H21B8Cl2N5O3.C4H10/c1-3-38-15(36)9-32-16(37)11(31)5-7-14-33-12-8-10(4-6-13(12)34(14)2)35(19(25,26)17(21,22)29)20(27,28)18(23,24)30;1-4(2)3/h4,6,8,11H,3,5,7,9,31H2,1-2H3,(H,32,37);4H,1-3H3. The molecule has 0 saturated heterocycles. The first-order valence-electron chi connectivity index (χ1n) is 13.1. The number of nitrogens with zero attached hydrogens (tertiary/aromatic N) is 3. The van der Waals surface area contributed by atoms with E-state index in [1.54, 1.807) is 24.6 Å². The number of hydrogen-bond acceptors (Lipinski definition) is 6. The van der Waals surface area contributed by atoms with Gasteiger partial charge in [-0.1, -0.05) is 20.8 Å². The summed E-state index contributed by atoms with van der Waals surface area (Å²) in [5.74, 6) is 0.363. The first-order valence-corrected chi connectivity index (χ1v) is 13.9. The molecule has 16 radical (unpaired) electrons. The van der Waals surface area contributed by atoms with Crippen molar-refractivity contribution >= 4 is 115 Å². The van der Waals surface area contributed by atoms with Crippen LogP contribution in [0.1, 0.15) is 39.9 Å². The summed E-state index contributed by atoms with van der Waals surface area (Å²) in [6.07, 6.45) is 0.554. The van der Waals surface area contributed by atoms with E-state index in [1.165, 1.54) is 12.1 Å². The molecule has 2 rings (SSSR count). The molecule has 208 valence electrons. The molecule has 0 saturated carbocycles. The molecule has 1 atom stereocenters. The van der Waals surface area contributed by atoms with Gasteiger partial charge in [0.2, 0.25) is 5.91 Å². The Kier molecular flexibility index (Phi) is 13.7. The number of anilines is 1. The summed E-state index contributed by atoms with van der Waals surface area (Å²) in [6, 6.07) is 3.84. The molecule has 0 aliphatic carbocycles. The van der Waals surface area contributed by atoms with Gasteiger partial charge in [-0.15, -0.1) is 23.2 Å². The maximum Gasteiger partial charge on any atom is 0.325 e. The lowest BCUT2D eigenvalue weighted by atomic mass is 9.36. The fraction of sp³-hybridized carbons (Fsp3) is 0.625. The predicted octanol–water partition coefficient (Wildman–Crippen LogP) is -0.578. The third kappa shape index (κ3) is 9.75. The van der Waals surface area contributed by atoms with Crippen LogP contribution in [0.3, 0.4) is 0 Å². The summed E-state index contributed by atoms with van der Waals surface area (Å²) in [5.41, 5.74) is 7.25. The van der Waals surface area contributed by atoms with Gasteiger partial charge < -0.3 is 25.3 Å². The van der Waals surface area contributed by atoms with Crippen molar-refractivity contribution in [1.29, 1.82) is 0 Å². The second-order valence-corrected chi connectivity index (χ2v) is 11.9. The Morgan fingerprint density at radius 3 is 2.00 bits per heavy atom. The average molecular weight is 595 g/mol. The van der Waals surface area contributed by atoms with Crippen molar-refractivity contribution in [2.24, 2.45) is 18.7 Å². The molecule has 1 heterocycles. The molecule has 1 unspecified atom stereocenters. The molecular formula is C24H31B8Cl2N5O3. The van der Waals surface area contributed by atoms with E-state index in [1.807, 2.05) is 0 Å². The van der Waals surface area contributed by atoms with Gasteiger partial charge in [0.05, 0.1) is 86.5 Å². The number of carbonyl (C=O) groups is 2. The fourth-order valence-corrected chi connectivity index (χ4v) is 3.76. The van der Waals surface area contributed by atoms with E-state index in [4.69, 9.17) is 96.4 Å². The van der Waals surface area contributed by atoms with Gasteiger partial charge in [-0.25, -0.2) is 4.98 Å². The number of nitrogens with two attached hydrogens (primary N) is 1. The lowest BCUT2D eigenvalue weighted by molar-refractivity contribution is -0.143. The summed E-state index contributed by atoms with van der Waals surface area (Å²) in [6.45, 7) is 8.10. The van der Waals surface area contributed by atoms with Crippen LogP contribution >= 0.6 is 23.2 Å². The number of carbonyl (C=O) groups excluding carboxylic acids is 2. The molecule has 2 aromatic rings. The highest BCUT2D eigenvalue weighted by Gasteiger charge is 2.48. The number of ether oxygens (including phenoxy) is 1. The van der Waals surface area contributed by atoms with Gasteiger partial charge in [0.1, 0.15) is 12.4 Å². The fourth-order valence-electron chi connectivity index (χ4n) is 3.59. The number of benzene rings is 1. The Morgan fingerprint density at radius 2 is 1.55 bits per heavy atom. The first kappa shape index (κ1) is 38.5. The highest BCUT2D eigenvalue weighted by Crippen LogP contribution is 2.39. The topological polar surface area (TPSA) is 102 Å². The van der Waals surface area contributed by atoms with Crippen LogP contribution in [0.2, 0.25) is 0 Å². The minimum absolute atomic E-state index is 0.147. The Bertz CT molecular complexity index is 1190. The minimum atomic E-state index is -2.33. The number of hydrogen-bond donors (Lipinski definition) is 2. The minimum Gasteiger partial charge on any atom is -0.465 e. The summed E-state index contributed by atoms with van der Waals surface area (Å²) in [5, 5.41) is -2.22. The van der Waals surface area contributed by atoms with E-state index in [0.717, 1.165) is 10.8 Å². The van der Waals surface area contributed by atoms with Gasteiger partial charge in [-0.3, -0.25) is 9.59 Å². The molecule has 8 nitrogen and oxygen atoms in total.